The molecule has 0 atom stereocenters. The van der Waals surface area contributed by atoms with E-state index in [1.165, 1.54) is 6.08 Å². The van der Waals surface area contributed by atoms with Gasteiger partial charge in [-0.15, -0.1) is 0 Å². The lowest BCUT2D eigenvalue weighted by molar-refractivity contribution is 0.477. The van der Waals surface area contributed by atoms with Crippen LogP contribution in [0.25, 0.3) is 6.08 Å². The molecule has 0 fully saturated rings. The Hall–Kier alpha value is -1.38. The summed E-state index contributed by atoms with van der Waals surface area (Å²) in [5.74, 6) is 0.514. The van der Waals surface area contributed by atoms with Gasteiger partial charge in [0.05, 0.1) is 6.26 Å². The van der Waals surface area contributed by atoms with Gasteiger partial charge in [-0.3, -0.25) is 0 Å². The van der Waals surface area contributed by atoms with Gasteiger partial charge in [-0.1, -0.05) is 0 Å². The van der Waals surface area contributed by atoms with Crippen LogP contribution in [-0.4, -0.2) is 15.1 Å². The van der Waals surface area contributed by atoms with Crippen LogP contribution in [0.5, 0.6) is 0 Å². The zero-order valence-electron chi connectivity index (χ0n) is 4.73. The first-order chi connectivity index (χ1) is 4.43. The van der Waals surface area contributed by atoms with E-state index in [2.05, 4.69) is 9.97 Å². The Morgan fingerprint density at radius 1 is 1.33 bits per heavy atom. The summed E-state index contributed by atoms with van der Waals surface area (Å²) in [6.45, 7) is 0. The van der Waals surface area contributed by atoms with Crippen LogP contribution < -0.4 is 0 Å². The van der Waals surface area contributed by atoms with Crippen LogP contribution in [0.4, 0.5) is 0 Å². The molecule has 1 heterocycles. The van der Waals surface area contributed by atoms with Crippen LogP contribution in [0, 0.1) is 0 Å². The topological polar surface area (TPSA) is 46.0 Å². The third-order valence-electron chi connectivity index (χ3n) is 0.809. The molecule has 1 rings (SSSR count). The smallest absolute Gasteiger partial charge is 0.154 e. The lowest BCUT2D eigenvalue weighted by atomic mass is 10.5. The van der Waals surface area contributed by atoms with E-state index in [4.69, 9.17) is 5.11 Å². The molecule has 0 radical (unpaired) electrons. The third-order valence-corrected chi connectivity index (χ3v) is 0.809. The average Bonchev–Trinajstić information content (AvgIpc) is 1.91. The summed E-state index contributed by atoms with van der Waals surface area (Å²) < 4.78 is 0. The molecule has 1 aromatic heterocycles. The highest BCUT2D eigenvalue weighted by Crippen LogP contribution is 1.87. The standard InChI is InChI=1S/C6H6N2O/c9-5-2-6-7-3-1-4-8-6/h1-5,9H/b5-2+. The Morgan fingerprint density at radius 3 is 2.56 bits per heavy atom. The van der Waals surface area contributed by atoms with Gasteiger partial charge in [0.15, 0.2) is 5.82 Å². The van der Waals surface area contributed by atoms with Gasteiger partial charge in [0.1, 0.15) is 0 Å². The summed E-state index contributed by atoms with van der Waals surface area (Å²) in [6.07, 6.45) is 5.56. The molecule has 0 aromatic carbocycles. The molecule has 46 valence electrons. The molecule has 0 unspecified atom stereocenters. The van der Waals surface area contributed by atoms with E-state index >= 15 is 0 Å². The molecule has 9 heavy (non-hydrogen) atoms. The fourth-order valence-corrected chi connectivity index (χ4v) is 0.463. The molecule has 0 aliphatic rings. The Kier molecular flexibility index (Phi) is 1.80. The fourth-order valence-electron chi connectivity index (χ4n) is 0.463. The normalized spacial score (nSPS) is 10.2. The van der Waals surface area contributed by atoms with Crippen molar-refractivity contribution >= 4 is 6.08 Å². The zero-order chi connectivity index (χ0) is 6.53. The number of aromatic nitrogens is 2. The zero-order valence-corrected chi connectivity index (χ0v) is 4.73. The molecule has 0 amide bonds. The maximum atomic E-state index is 8.26. The minimum Gasteiger partial charge on any atom is -0.515 e. The van der Waals surface area contributed by atoms with E-state index < -0.39 is 0 Å². The summed E-state index contributed by atoms with van der Waals surface area (Å²) >= 11 is 0. The molecule has 1 aromatic rings. The first kappa shape index (κ1) is 5.75. The van der Waals surface area contributed by atoms with Gasteiger partial charge in [0.25, 0.3) is 0 Å². The van der Waals surface area contributed by atoms with Crippen LogP contribution >= 0.6 is 0 Å². The van der Waals surface area contributed by atoms with Crippen molar-refractivity contribution in [3.8, 4) is 0 Å². The lowest BCUT2D eigenvalue weighted by Crippen LogP contribution is -1.81. The SMILES string of the molecule is O/C=C/c1ncccn1. The summed E-state index contributed by atoms with van der Waals surface area (Å²) in [6, 6.07) is 1.72. The van der Waals surface area contributed by atoms with Crippen molar-refractivity contribution in [2.24, 2.45) is 0 Å². The van der Waals surface area contributed by atoms with Gasteiger partial charge in [-0.05, 0) is 6.07 Å². The molecular weight excluding hydrogens is 116 g/mol. The number of aliphatic hydroxyl groups excluding tert-OH is 1. The second-order valence-electron chi connectivity index (χ2n) is 1.42. The molecule has 0 saturated heterocycles. The monoisotopic (exact) mass is 122 g/mol. The first-order valence-corrected chi connectivity index (χ1v) is 2.51. The molecule has 0 bridgehead atoms. The molecule has 1 N–H and O–H groups in total. The molecule has 3 nitrogen and oxygen atoms in total. The van der Waals surface area contributed by atoms with Gasteiger partial charge in [0.2, 0.25) is 0 Å². The summed E-state index contributed by atoms with van der Waals surface area (Å²) in [4.78, 5) is 7.62. The summed E-state index contributed by atoms with van der Waals surface area (Å²) in [5.41, 5.74) is 0. The second kappa shape index (κ2) is 2.81. The fraction of sp³-hybridized carbons (Fsp3) is 0. The van der Waals surface area contributed by atoms with E-state index in [1.54, 1.807) is 18.5 Å². The van der Waals surface area contributed by atoms with E-state index in [1.807, 2.05) is 0 Å². The quantitative estimate of drug-likeness (QED) is 0.565. The number of hydrogen-bond acceptors (Lipinski definition) is 3. The van der Waals surface area contributed by atoms with Crippen molar-refractivity contribution in [2.75, 3.05) is 0 Å². The van der Waals surface area contributed by atoms with Crippen molar-refractivity contribution in [3.05, 3.63) is 30.5 Å². The van der Waals surface area contributed by atoms with Crippen molar-refractivity contribution in [1.29, 1.82) is 0 Å². The highest BCUT2D eigenvalue weighted by molar-refractivity contribution is 5.36. The molecule has 0 aliphatic heterocycles. The minimum absolute atomic E-state index is 0.514. The van der Waals surface area contributed by atoms with Crippen LogP contribution in [-0.2, 0) is 0 Å². The molecule has 0 spiro atoms. The maximum Gasteiger partial charge on any atom is 0.154 e. The molecule has 0 aliphatic carbocycles. The van der Waals surface area contributed by atoms with E-state index in [9.17, 15) is 0 Å². The highest BCUT2D eigenvalue weighted by Gasteiger charge is 1.81. The Bertz CT molecular complexity index is 195. The van der Waals surface area contributed by atoms with Crippen LogP contribution in [0.1, 0.15) is 5.82 Å². The summed E-state index contributed by atoms with van der Waals surface area (Å²) in [5, 5.41) is 8.26. The number of rotatable bonds is 1. The Balaban J connectivity index is 2.85. The van der Waals surface area contributed by atoms with Gasteiger partial charge < -0.3 is 5.11 Å². The number of nitrogens with zero attached hydrogens (tertiary/aromatic N) is 2. The molecule has 3 heteroatoms. The van der Waals surface area contributed by atoms with Gasteiger partial charge in [-0.2, -0.15) is 0 Å². The van der Waals surface area contributed by atoms with Crippen molar-refractivity contribution in [2.45, 2.75) is 0 Å². The van der Waals surface area contributed by atoms with Crippen LogP contribution in [0.2, 0.25) is 0 Å². The van der Waals surface area contributed by atoms with Gasteiger partial charge in [-0.25, -0.2) is 9.97 Å². The number of hydrogen-bond donors (Lipinski definition) is 1. The predicted molar refractivity (Wildman–Crippen MR) is 33.7 cm³/mol. The highest BCUT2D eigenvalue weighted by atomic mass is 16.2. The predicted octanol–water partition coefficient (Wildman–Crippen LogP) is 1.01. The van der Waals surface area contributed by atoms with E-state index in [0.717, 1.165) is 6.26 Å². The van der Waals surface area contributed by atoms with Gasteiger partial charge in [0, 0.05) is 18.5 Å². The van der Waals surface area contributed by atoms with E-state index in [0.29, 0.717) is 5.82 Å². The van der Waals surface area contributed by atoms with Crippen LogP contribution in [0.15, 0.2) is 24.7 Å². The Labute approximate surface area is 52.7 Å². The van der Waals surface area contributed by atoms with Crippen molar-refractivity contribution in [1.82, 2.24) is 9.97 Å². The van der Waals surface area contributed by atoms with Gasteiger partial charge >= 0.3 is 0 Å². The maximum absolute atomic E-state index is 8.26. The minimum atomic E-state index is 0.514. The Morgan fingerprint density at radius 2 is 2.00 bits per heavy atom. The van der Waals surface area contributed by atoms with Crippen molar-refractivity contribution in [3.63, 3.8) is 0 Å². The molecule has 0 saturated carbocycles. The number of aliphatic hydroxyl groups is 1. The largest absolute Gasteiger partial charge is 0.515 e. The first-order valence-electron chi connectivity index (χ1n) is 2.51. The third kappa shape index (κ3) is 1.53. The average molecular weight is 122 g/mol. The lowest BCUT2D eigenvalue weighted by Gasteiger charge is -1.84. The van der Waals surface area contributed by atoms with Crippen LogP contribution in [0.3, 0.4) is 0 Å². The second-order valence-corrected chi connectivity index (χ2v) is 1.42. The van der Waals surface area contributed by atoms with E-state index in [-0.39, 0.29) is 0 Å². The molecular formula is C6H6N2O. The van der Waals surface area contributed by atoms with Crippen molar-refractivity contribution < 1.29 is 5.11 Å². The summed E-state index contributed by atoms with van der Waals surface area (Å²) in [7, 11) is 0.